The number of nitrogens with zero attached hydrogens (tertiary/aromatic N) is 2. The van der Waals surface area contributed by atoms with E-state index in [1.165, 1.54) is 19.3 Å². The molecule has 10 heavy (non-hydrogen) atoms. The zero-order chi connectivity index (χ0) is 7.40. The molecule has 58 valence electrons. The highest BCUT2D eigenvalue weighted by molar-refractivity contribution is 5.77. The minimum Gasteiger partial charge on any atom is -0.370 e. The molecule has 0 radical (unpaired) electrons. The van der Waals surface area contributed by atoms with Gasteiger partial charge in [0, 0.05) is 20.1 Å². The fourth-order valence-corrected chi connectivity index (χ4v) is 1.26. The molecule has 0 spiro atoms. The van der Waals surface area contributed by atoms with Crippen LogP contribution in [0.15, 0.2) is 4.99 Å². The van der Waals surface area contributed by atoms with Crippen molar-refractivity contribution in [2.45, 2.75) is 19.3 Å². The highest BCUT2D eigenvalue weighted by Gasteiger charge is 2.10. The largest absolute Gasteiger partial charge is 0.370 e. The lowest BCUT2D eigenvalue weighted by Crippen LogP contribution is -2.40. The Bertz CT molecular complexity index is 125. The van der Waals surface area contributed by atoms with E-state index in [9.17, 15) is 0 Å². The third-order valence-electron chi connectivity index (χ3n) is 1.91. The van der Waals surface area contributed by atoms with Gasteiger partial charge in [-0.05, 0) is 19.3 Å². The Balaban J connectivity index is 2.39. The first-order chi connectivity index (χ1) is 4.84. The summed E-state index contributed by atoms with van der Waals surface area (Å²) in [7, 11) is 1.74. The summed E-state index contributed by atoms with van der Waals surface area (Å²) in [5.41, 5.74) is 5.62. The molecular weight excluding hydrogens is 126 g/mol. The number of hydrogen-bond acceptors (Lipinski definition) is 1. The second-order valence-corrected chi connectivity index (χ2v) is 2.63. The maximum atomic E-state index is 5.62. The molecule has 0 atom stereocenters. The first-order valence-corrected chi connectivity index (χ1v) is 3.82. The quantitative estimate of drug-likeness (QED) is 0.392. The highest BCUT2D eigenvalue weighted by Crippen LogP contribution is 2.07. The monoisotopic (exact) mass is 141 g/mol. The first kappa shape index (κ1) is 7.38. The number of likely N-dealkylation sites (tertiary alicyclic amines) is 1. The van der Waals surface area contributed by atoms with Gasteiger partial charge in [0.05, 0.1) is 0 Å². The minimum absolute atomic E-state index is 0.694. The lowest BCUT2D eigenvalue weighted by atomic mass is 10.1. The lowest BCUT2D eigenvalue weighted by Gasteiger charge is -2.27. The van der Waals surface area contributed by atoms with E-state index in [4.69, 9.17) is 5.73 Å². The molecule has 1 aliphatic rings. The van der Waals surface area contributed by atoms with Crippen LogP contribution in [-0.4, -0.2) is 31.0 Å². The topological polar surface area (TPSA) is 41.6 Å². The molecule has 0 unspecified atom stereocenters. The summed E-state index contributed by atoms with van der Waals surface area (Å²) in [5.74, 6) is 0.694. The third kappa shape index (κ3) is 1.62. The Hall–Kier alpha value is -0.730. The number of guanidine groups is 1. The standard InChI is InChI=1S/C7H15N3/c1-9-7(8)10-5-3-2-4-6-10/h2-6H2,1H3,(H2,8,9). The summed E-state index contributed by atoms with van der Waals surface area (Å²) in [4.78, 5) is 6.07. The fraction of sp³-hybridized carbons (Fsp3) is 0.857. The van der Waals surface area contributed by atoms with Crippen LogP contribution in [0, 0.1) is 0 Å². The van der Waals surface area contributed by atoms with Crippen LogP contribution in [-0.2, 0) is 0 Å². The molecule has 0 bridgehead atoms. The zero-order valence-electron chi connectivity index (χ0n) is 6.51. The molecule has 1 aliphatic heterocycles. The van der Waals surface area contributed by atoms with Crippen molar-refractivity contribution in [2.75, 3.05) is 20.1 Å². The van der Waals surface area contributed by atoms with E-state index in [1.54, 1.807) is 7.05 Å². The van der Waals surface area contributed by atoms with Crippen LogP contribution in [0.5, 0.6) is 0 Å². The molecular formula is C7H15N3. The van der Waals surface area contributed by atoms with Crippen LogP contribution in [0.25, 0.3) is 0 Å². The summed E-state index contributed by atoms with van der Waals surface area (Å²) in [6, 6.07) is 0. The van der Waals surface area contributed by atoms with Crippen LogP contribution in [0.2, 0.25) is 0 Å². The molecule has 1 fully saturated rings. The molecule has 0 aromatic rings. The van der Waals surface area contributed by atoms with Crippen molar-refractivity contribution in [3.8, 4) is 0 Å². The molecule has 0 aromatic heterocycles. The molecule has 3 heteroatoms. The maximum Gasteiger partial charge on any atom is 0.190 e. The van der Waals surface area contributed by atoms with E-state index in [1.807, 2.05) is 0 Å². The van der Waals surface area contributed by atoms with Crippen LogP contribution in [0.1, 0.15) is 19.3 Å². The Labute approximate surface area is 61.9 Å². The molecule has 2 N–H and O–H groups in total. The molecule has 1 saturated heterocycles. The normalized spacial score (nSPS) is 21.3. The Morgan fingerprint density at radius 3 is 2.40 bits per heavy atom. The number of piperidine rings is 1. The Morgan fingerprint density at radius 2 is 1.90 bits per heavy atom. The van der Waals surface area contributed by atoms with Crippen LogP contribution < -0.4 is 5.73 Å². The van der Waals surface area contributed by atoms with Gasteiger partial charge in [-0.1, -0.05) is 0 Å². The second kappa shape index (κ2) is 3.44. The van der Waals surface area contributed by atoms with Gasteiger partial charge in [-0.2, -0.15) is 0 Å². The second-order valence-electron chi connectivity index (χ2n) is 2.63. The molecule has 3 nitrogen and oxygen atoms in total. The smallest absolute Gasteiger partial charge is 0.190 e. The van der Waals surface area contributed by atoms with E-state index in [0.29, 0.717) is 5.96 Å². The van der Waals surface area contributed by atoms with Crippen LogP contribution in [0.4, 0.5) is 0 Å². The number of rotatable bonds is 0. The molecule has 0 saturated carbocycles. The van der Waals surface area contributed by atoms with Crippen LogP contribution >= 0.6 is 0 Å². The molecule has 1 rings (SSSR count). The van der Waals surface area contributed by atoms with Gasteiger partial charge in [-0.15, -0.1) is 0 Å². The number of aliphatic imine (C=N–C) groups is 1. The van der Waals surface area contributed by atoms with Gasteiger partial charge in [-0.3, -0.25) is 4.99 Å². The third-order valence-corrected chi connectivity index (χ3v) is 1.91. The van der Waals surface area contributed by atoms with Crippen molar-refractivity contribution < 1.29 is 0 Å². The fourth-order valence-electron chi connectivity index (χ4n) is 1.26. The van der Waals surface area contributed by atoms with Crippen molar-refractivity contribution in [3.63, 3.8) is 0 Å². The van der Waals surface area contributed by atoms with Gasteiger partial charge in [0.1, 0.15) is 0 Å². The first-order valence-electron chi connectivity index (χ1n) is 3.82. The Morgan fingerprint density at radius 1 is 1.30 bits per heavy atom. The van der Waals surface area contributed by atoms with Crippen molar-refractivity contribution in [3.05, 3.63) is 0 Å². The predicted molar refractivity (Wildman–Crippen MR) is 43.0 cm³/mol. The van der Waals surface area contributed by atoms with Gasteiger partial charge in [-0.25, -0.2) is 0 Å². The van der Waals surface area contributed by atoms with E-state index in [2.05, 4.69) is 9.89 Å². The summed E-state index contributed by atoms with van der Waals surface area (Å²) in [6.45, 7) is 2.17. The van der Waals surface area contributed by atoms with Crippen molar-refractivity contribution >= 4 is 5.96 Å². The number of nitrogens with two attached hydrogens (primary N) is 1. The summed E-state index contributed by atoms with van der Waals surface area (Å²) in [5, 5.41) is 0. The van der Waals surface area contributed by atoms with Gasteiger partial charge in [0.25, 0.3) is 0 Å². The van der Waals surface area contributed by atoms with E-state index < -0.39 is 0 Å². The number of hydrogen-bond donors (Lipinski definition) is 1. The Kier molecular flexibility index (Phi) is 2.54. The predicted octanol–water partition coefficient (Wildman–Crippen LogP) is 0.417. The average molecular weight is 141 g/mol. The van der Waals surface area contributed by atoms with Crippen LogP contribution in [0.3, 0.4) is 0 Å². The molecule has 0 amide bonds. The van der Waals surface area contributed by atoms with Gasteiger partial charge >= 0.3 is 0 Å². The lowest BCUT2D eigenvalue weighted by molar-refractivity contribution is 0.339. The van der Waals surface area contributed by atoms with Crippen molar-refractivity contribution in [1.29, 1.82) is 0 Å². The van der Waals surface area contributed by atoms with Gasteiger partial charge in [0.15, 0.2) is 5.96 Å². The van der Waals surface area contributed by atoms with Crippen molar-refractivity contribution in [1.82, 2.24) is 4.90 Å². The summed E-state index contributed by atoms with van der Waals surface area (Å²) < 4.78 is 0. The average Bonchev–Trinajstić information content (AvgIpc) is 2.05. The minimum atomic E-state index is 0.694. The molecule has 0 aromatic carbocycles. The maximum absolute atomic E-state index is 5.62. The SMILES string of the molecule is CN=C(N)N1CCCCC1. The molecule has 0 aliphatic carbocycles. The van der Waals surface area contributed by atoms with Gasteiger partial charge in [0.2, 0.25) is 0 Å². The highest BCUT2D eigenvalue weighted by atomic mass is 15.2. The zero-order valence-corrected chi connectivity index (χ0v) is 6.51. The summed E-state index contributed by atoms with van der Waals surface area (Å²) >= 11 is 0. The summed E-state index contributed by atoms with van der Waals surface area (Å²) in [6.07, 6.45) is 3.86. The molecule has 1 heterocycles. The van der Waals surface area contributed by atoms with E-state index in [-0.39, 0.29) is 0 Å². The van der Waals surface area contributed by atoms with E-state index in [0.717, 1.165) is 13.1 Å². The van der Waals surface area contributed by atoms with Gasteiger partial charge < -0.3 is 10.6 Å². The van der Waals surface area contributed by atoms with E-state index >= 15 is 0 Å². The van der Waals surface area contributed by atoms with Crippen molar-refractivity contribution in [2.24, 2.45) is 10.7 Å².